The number of aryl methyl sites for hydroxylation is 1. The van der Waals surface area contributed by atoms with Gasteiger partial charge in [-0.15, -0.1) is 0 Å². The molecule has 3 fully saturated rings. The van der Waals surface area contributed by atoms with Gasteiger partial charge in [0.2, 0.25) is 5.91 Å². The van der Waals surface area contributed by atoms with E-state index in [2.05, 4.69) is 22.0 Å². The fraction of sp³-hybridized carbons (Fsp3) is 0.760. The summed E-state index contributed by atoms with van der Waals surface area (Å²) in [6.45, 7) is 12.1. The summed E-state index contributed by atoms with van der Waals surface area (Å²) in [5, 5.41) is 3.28. The SMILES string of the molecule is CCN1CC[C@@H]2C[C@@H](N3CCOCC3)CC[C@@]2(C(=O)NCCCn2c(C)cccc2=O)C1. The van der Waals surface area contributed by atoms with Crippen LogP contribution < -0.4 is 10.9 Å². The van der Waals surface area contributed by atoms with Gasteiger partial charge in [-0.25, -0.2) is 0 Å². The molecule has 3 atom stereocenters. The lowest BCUT2D eigenvalue weighted by molar-refractivity contribution is -0.144. The number of piperidine rings is 1. The Balaban J connectivity index is 1.38. The Morgan fingerprint density at radius 3 is 2.78 bits per heavy atom. The van der Waals surface area contributed by atoms with Crippen LogP contribution in [0.5, 0.6) is 0 Å². The van der Waals surface area contributed by atoms with Crippen LogP contribution in [0.1, 0.15) is 44.7 Å². The number of aromatic nitrogens is 1. The molecule has 0 unspecified atom stereocenters. The van der Waals surface area contributed by atoms with Gasteiger partial charge in [0, 0.05) is 50.5 Å². The molecule has 1 aromatic heterocycles. The third-order valence-electron chi connectivity index (χ3n) is 8.13. The maximum Gasteiger partial charge on any atom is 0.250 e. The Morgan fingerprint density at radius 2 is 2.03 bits per heavy atom. The van der Waals surface area contributed by atoms with Crippen LogP contribution in [0.25, 0.3) is 0 Å². The van der Waals surface area contributed by atoms with Crippen LogP contribution in [-0.4, -0.2) is 78.8 Å². The van der Waals surface area contributed by atoms with Crippen LogP contribution in [0.15, 0.2) is 23.0 Å². The van der Waals surface area contributed by atoms with Crippen molar-refractivity contribution < 1.29 is 9.53 Å². The van der Waals surface area contributed by atoms with Crippen LogP contribution in [0.3, 0.4) is 0 Å². The fourth-order valence-electron chi connectivity index (χ4n) is 6.16. The highest BCUT2D eigenvalue weighted by atomic mass is 16.5. The number of carbonyl (C=O) groups excluding carboxylic acids is 1. The minimum Gasteiger partial charge on any atom is -0.379 e. The summed E-state index contributed by atoms with van der Waals surface area (Å²) in [6, 6.07) is 5.94. The Bertz CT molecular complexity index is 835. The molecule has 0 aromatic carbocycles. The topological polar surface area (TPSA) is 66.8 Å². The fourth-order valence-corrected chi connectivity index (χ4v) is 6.16. The average molecular weight is 445 g/mol. The monoisotopic (exact) mass is 444 g/mol. The van der Waals surface area contributed by atoms with Gasteiger partial charge in [0.05, 0.1) is 18.6 Å². The molecule has 32 heavy (non-hydrogen) atoms. The van der Waals surface area contributed by atoms with E-state index in [4.69, 9.17) is 4.74 Å². The number of pyridine rings is 1. The molecular weight excluding hydrogens is 404 g/mol. The van der Waals surface area contributed by atoms with Crippen molar-refractivity contribution in [2.45, 2.75) is 58.5 Å². The van der Waals surface area contributed by atoms with Gasteiger partial charge in [0.1, 0.15) is 0 Å². The van der Waals surface area contributed by atoms with Crippen LogP contribution >= 0.6 is 0 Å². The van der Waals surface area contributed by atoms with Gasteiger partial charge in [-0.05, 0) is 64.1 Å². The Labute approximate surface area is 192 Å². The molecule has 178 valence electrons. The molecule has 7 nitrogen and oxygen atoms in total. The van der Waals surface area contributed by atoms with Gasteiger partial charge in [-0.2, -0.15) is 0 Å². The van der Waals surface area contributed by atoms with Crippen molar-refractivity contribution in [1.29, 1.82) is 0 Å². The predicted octanol–water partition coefficient (Wildman–Crippen LogP) is 1.88. The molecule has 1 amide bonds. The van der Waals surface area contributed by atoms with Crippen molar-refractivity contribution >= 4 is 5.91 Å². The lowest BCUT2D eigenvalue weighted by Crippen LogP contribution is -2.60. The van der Waals surface area contributed by atoms with Crippen molar-refractivity contribution in [3.8, 4) is 0 Å². The molecule has 1 aliphatic carbocycles. The van der Waals surface area contributed by atoms with Crippen LogP contribution in [0.2, 0.25) is 0 Å². The number of morpholine rings is 1. The van der Waals surface area contributed by atoms with Crippen molar-refractivity contribution in [2.24, 2.45) is 11.3 Å². The van der Waals surface area contributed by atoms with Gasteiger partial charge < -0.3 is 19.5 Å². The summed E-state index contributed by atoms with van der Waals surface area (Å²) >= 11 is 0. The second-order valence-corrected chi connectivity index (χ2v) is 9.85. The minimum absolute atomic E-state index is 0.0299. The summed E-state index contributed by atoms with van der Waals surface area (Å²) < 4.78 is 7.34. The molecule has 1 saturated carbocycles. The Morgan fingerprint density at radius 1 is 1.22 bits per heavy atom. The first-order valence-corrected chi connectivity index (χ1v) is 12.5. The molecule has 4 rings (SSSR count). The highest BCUT2D eigenvalue weighted by Crippen LogP contribution is 2.47. The van der Waals surface area contributed by atoms with Gasteiger partial charge in [0.25, 0.3) is 5.56 Å². The number of rotatable bonds is 7. The van der Waals surface area contributed by atoms with Crippen molar-refractivity contribution in [3.05, 3.63) is 34.2 Å². The van der Waals surface area contributed by atoms with E-state index in [1.165, 1.54) is 0 Å². The molecule has 2 saturated heterocycles. The van der Waals surface area contributed by atoms with E-state index in [-0.39, 0.29) is 16.9 Å². The molecule has 2 aliphatic heterocycles. The normalized spacial score (nSPS) is 29.4. The first kappa shape index (κ1) is 23.5. The van der Waals surface area contributed by atoms with Crippen LogP contribution in [0.4, 0.5) is 0 Å². The third-order valence-corrected chi connectivity index (χ3v) is 8.13. The van der Waals surface area contributed by atoms with E-state index in [1.807, 2.05) is 13.0 Å². The molecule has 0 bridgehead atoms. The zero-order valence-corrected chi connectivity index (χ0v) is 19.9. The molecule has 3 aliphatic rings. The van der Waals surface area contributed by atoms with Gasteiger partial charge in [-0.1, -0.05) is 13.0 Å². The van der Waals surface area contributed by atoms with E-state index < -0.39 is 0 Å². The first-order valence-electron chi connectivity index (χ1n) is 12.5. The summed E-state index contributed by atoms with van der Waals surface area (Å²) in [4.78, 5) is 30.7. The van der Waals surface area contributed by atoms with E-state index >= 15 is 0 Å². The smallest absolute Gasteiger partial charge is 0.250 e. The summed E-state index contributed by atoms with van der Waals surface area (Å²) in [5.74, 6) is 0.684. The highest BCUT2D eigenvalue weighted by Gasteiger charge is 2.52. The number of carbonyl (C=O) groups is 1. The number of hydrogen-bond acceptors (Lipinski definition) is 5. The van der Waals surface area contributed by atoms with Crippen LogP contribution in [0, 0.1) is 18.3 Å². The minimum atomic E-state index is -0.267. The number of ether oxygens (including phenoxy) is 1. The second kappa shape index (κ2) is 10.5. The first-order chi connectivity index (χ1) is 15.5. The number of likely N-dealkylation sites (tertiary alicyclic amines) is 1. The van der Waals surface area contributed by atoms with E-state index in [0.717, 1.165) is 83.7 Å². The summed E-state index contributed by atoms with van der Waals surface area (Å²) in [6.07, 6.45) is 5.08. The lowest BCUT2D eigenvalue weighted by Gasteiger charge is -2.53. The van der Waals surface area contributed by atoms with Crippen LogP contribution in [-0.2, 0) is 16.1 Å². The lowest BCUT2D eigenvalue weighted by atomic mass is 9.61. The molecular formula is C25H40N4O3. The predicted molar refractivity (Wildman–Crippen MR) is 126 cm³/mol. The third kappa shape index (κ3) is 4.95. The quantitative estimate of drug-likeness (QED) is 0.651. The number of nitrogens with zero attached hydrogens (tertiary/aromatic N) is 3. The standard InChI is InChI=1S/C25H40N4O3/c1-3-27-13-9-21-18-22(28-14-16-32-17-15-28)8-10-25(21,19-27)24(31)26-11-5-12-29-20(2)6-4-7-23(29)30/h4,6-7,21-22H,3,5,8-19H2,1-2H3,(H,26,31)/t21-,22+,25-/m1/s1. The molecule has 1 N–H and O–H groups in total. The molecule has 0 spiro atoms. The largest absolute Gasteiger partial charge is 0.379 e. The Hall–Kier alpha value is -1.70. The summed E-state index contributed by atoms with van der Waals surface area (Å²) in [7, 11) is 0. The summed E-state index contributed by atoms with van der Waals surface area (Å²) in [5.41, 5.74) is 0.730. The molecule has 1 aromatic rings. The van der Waals surface area contributed by atoms with Gasteiger partial charge in [-0.3, -0.25) is 14.5 Å². The second-order valence-electron chi connectivity index (χ2n) is 9.85. The zero-order chi connectivity index (χ0) is 22.6. The van der Waals surface area contributed by atoms with Crippen molar-refractivity contribution in [1.82, 2.24) is 19.7 Å². The van der Waals surface area contributed by atoms with Crippen molar-refractivity contribution in [2.75, 3.05) is 52.5 Å². The number of amides is 1. The number of hydrogen-bond donors (Lipinski definition) is 1. The number of fused-ring (bicyclic) bond motifs is 1. The van der Waals surface area contributed by atoms with E-state index in [9.17, 15) is 9.59 Å². The van der Waals surface area contributed by atoms with E-state index in [0.29, 0.717) is 25.0 Å². The maximum atomic E-state index is 13.6. The number of nitrogens with one attached hydrogen (secondary N) is 1. The Kier molecular flexibility index (Phi) is 7.69. The highest BCUT2D eigenvalue weighted by molar-refractivity contribution is 5.83. The molecule has 7 heteroatoms. The maximum absolute atomic E-state index is 13.6. The zero-order valence-electron chi connectivity index (χ0n) is 19.9. The molecule has 3 heterocycles. The van der Waals surface area contributed by atoms with Gasteiger partial charge in [0.15, 0.2) is 0 Å². The van der Waals surface area contributed by atoms with Crippen molar-refractivity contribution in [3.63, 3.8) is 0 Å². The average Bonchev–Trinajstić information content (AvgIpc) is 2.82. The molecule has 0 radical (unpaired) electrons. The van der Waals surface area contributed by atoms with Gasteiger partial charge >= 0.3 is 0 Å². The van der Waals surface area contributed by atoms with E-state index in [1.54, 1.807) is 16.7 Å².